The summed E-state index contributed by atoms with van der Waals surface area (Å²) >= 11 is 0. The zero-order valence-corrected chi connectivity index (χ0v) is 18.3. The van der Waals surface area contributed by atoms with Crippen molar-refractivity contribution in [1.82, 2.24) is 19.4 Å². The van der Waals surface area contributed by atoms with E-state index in [1.807, 2.05) is 28.8 Å². The Morgan fingerprint density at radius 2 is 1.84 bits per heavy atom. The van der Waals surface area contributed by atoms with Crippen LogP contribution in [0.3, 0.4) is 0 Å². The number of hydrogen-bond acceptors (Lipinski definition) is 5. The van der Waals surface area contributed by atoms with Crippen LogP contribution in [0, 0.1) is 5.92 Å². The second kappa shape index (κ2) is 9.27. The predicted octanol–water partition coefficient (Wildman–Crippen LogP) is 4.97. The van der Waals surface area contributed by atoms with Gasteiger partial charge in [-0.15, -0.1) is 0 Å². The SMILES string of the molecule is CCc1ccc(-c2nc3cc(CO)ccn3c2-c2ccnc(NCCC(C)C)n2)cc1. The van der Waals surface area contributed by atoms with Gasteiger partial charge < -0.3 is 10.4 Å². The quantitative estimate of drug-likeness (QED) is 0.425. The minimum Gasteiger partial charge on any atom is -0.392 e. The number of nitrogens with zero attached hydrogens (tertiary/aromatic N) is 4. The number of aromatic nitrogens is 4. The van der Waals surface area contributed by atoms with E-state index < -0.39 is 0 Å². The van der Waals surface area contributed by atoms with E-state index in [0.29, 0.717) is 11.9 Å². The molecule has 0 atom stereocenters. The van der Waals surface area contributed by atoms with Crippen molar-refractivity contribution >= 4 is 11.6 Å². The summed E-state index contributed by atoms with van der Waals surface area (Å²) in [5.74, 6) is 1.24. The second-order valence-corrected chi connectivity index (χ2v) is 8.16. The smallest absolute Gasteiger partial charge is 0.223 e. The van der Waals surface area contributed by atoms with E-state index in [-0.39, 0.29) is 6.61 Å². The Bertz CT molecular complexity index is 1160. The molecule has 3 aromatic heterocycles. The van der Waals surface area contributed by atoms with Gasteiger partial charge in [-0.1, -0.05) is 45.0 Å². The number of aryl methyl sites for hydroxylation is 1. The van der Waals surface area contributed by atoms with Crippen LogP contribution in [0.2, 0.25) is 0 Å². The standard InChI is InChI=1S/C25H29N5O/c1-4-18-5-7-20(8-6-18)23-24(30-14-11-19(16-31)15-22(30)29-23)21-10-13-27-25(28-21)26-12-9-17(2)3/h5-8,10-11,13-15,17,31H,4,9,12,16H2,1-3H3,(H,26,27,28). The largest absolute Gasteiger partial charge is 0.392 e. The Morgan fingerprint density at radius 3 is 2.55 bits per heavy atom. The van der Waals surface area contributed by atoms with Crippen molar-refractivity contribution in [2.45, 2.75) is 40.2 Å². The minimum absolute atomic E-state index is 0.0172. The van der Waals surface area contributed by atoms with Crippen molar-refractivity contribution < 1.29 is 5.11 Å². The van der Waals surface area contributed by atoms with Gasteiger partial charge in [0, 0.05) is 24.5 Å². The van der Waals surface area contributed by atoms with Gasteiger partial charge in [0.15, 0.2) is 0 Å². The third-order valence-electron chi connectivity index (χ3n) is 5.41. The van der Waals surface area contributed by atoms with E-state index in [1.165, 1.54) is 5.56 Å². The van der Waals surface area contributed by atoms with Crippen molar-refractivity contribution in [2.75, 3.05) is 11.9 Å². The first kappa shape index (κ1) is 21.0. The van der Waals surface area contributed by atoms with Gasteiger partial charge in [-0.05, 0) is 48.1 Å². The molecule has 6 heteroatoms. The molecule has 0 fully saturated rings. The maximum absolute atomic E-state index is 9.56. The van der Waals surface area contributed by atoms with Crippen LogP contribution in [0.4, 0.5) is 5.95 Å². The van der Waals surface area contributed by atoms with Crippen LogP contribution in [0.5, 0.6) is 0 Å². The highest BCUT2D eigenvalue weighted by Crippen LogP contribution is 2.32. The van der Waals surface area contributed by atoms with Gasteiger partial charge in [-0.3, -0.25) is 4.40 Å². The molecular weight excluding hydrogens is 386 g/mol. The summed E-state index contributed by atoms with van der Waals surface area (Å²) in [7, 11) is 0. The van der Waals surface area contributed by atoms with Gasteiger partial charge in [0.1, 0.15) is 5.65 Å². The lowest BCUT2D eigenvalue weighted by molar-refractivity contribution is 0.282. The van der Waals surface area contributed by atoms with Crippen molar-refractivity contribution in [3.63, 3.8) is 0 Å². The number of aliphatic hydroxyl groups is 1. The molecule has 31 heavy (non-hydrogen) atoms. The number of nitrogens with one attached hydrogen (secondary N) is 1. The van der Waals surface area contributed by atoms with Crippen LogP contribution in [-0.2, 0) is 13.0 Å². The number of rotatable bonds is 8. The molecule has 4 rings (SSSR count). The van der Waals surface area contributed by atoms with Gasteiger partial charge in [-0.2, -0.15) is 0 Å². The first-order valence-corrected chi connectivity index (χ1v) is 10.9. The Kier molecular flexibility index (Phi) is 6.28. The summed E-state index contributed by atoms with van der Waals surface area (Å²) in [6.07, 6.45) is 5.78. The summed E-state index contributed by atoms with van der Waals surface area (Å²) < 4.78 is 2.03. The lowest BCUT2D eigenvalue weighted by atomic mass is 10.1. The summed E-state index contributed by atoms with van der Waals surface area (Å²) in [4.78, 5) is 14.1. The van der Waals surface area contributed by atoms with Crippen LogP contribution in [0.15, 0.2) is 54.9 Å². The number of pyridine rings is 1. The third kappa shape index (κ3) is 4.59. The predicted molar refractivity (Wildman–Crippen MR) is 125 cm³/mol. The van der Waals surface area contributed by atoms with E-state index in [0.717, 1.165) is 53.2 Å². The highest BCUT2D eigenvalue weighted by atomic mass is 16.3. The van der Waals surface area contributed by atoms with Gasteiger partial charge in [0.05, 0.1) is 23.7 Å². The molecule has 0 spiro atoms. The maximum atomic E-state index is 9.56. The van der Waals surface area contributed by atoms with Crippen molar-refractivity contribution in [3.8, 4) is 22.6 Å². The van der Waals surface area contributed by atoms with E-state index in [1.54, 1.807) is 6.20 Å². The van der Waals surface area contributed by atoms with Gasteiger partial charge in [0.25, 0.3) is 0 Å². The summed E-state index contributed by atoms with van der Waals surface area (Å²) in [6, 6.07) is 14.2. The molecule has 0 aliphatic carbocycles. The zero-order chi connectivity index (χ0) is 21.8. The molecule has 4 aromatic rings. The Morgan fingerprint density at radius 1 is 1.03 bits per heavy atom. The number of imidazole rings is 1. The van der Waals surface area contributed by atoms with Gasteiger partial charge in [0.2, 0.25) is 5.95 Å². The fourth-order valence-electron chi connectivity index (χ4n) is 3.58. The first-order valence-electron chi connectivity index (χ1n) is 10.9. The number of fused-ring (bicyclic) bond motifs is 1. The fraction of sp³-hybridized carbons (Fsp3) is 0.320. The molecular formula is C25H29N5O. The Hall–Kier alpha value is -3.25. The topological polar surface area (TPSA) is 75.3 Å². The number of benzene rings is 1. The lowest BCUT2D eigenvalue weighted by Crippen LogP contribution is -2.08. The minimum atomic E-state index is -0.0172. The van der Waals surface area contributed by atoms with Crippen molar-refractivity contribution in [2.24, 2.45) is 5.92 Å². The molecule has 0 aliphatic rings. The van der Waals surface area contributed by atoms with Crippen LogP contribution in [0.25, 0.3) is 28.3 Å². The van der Waals surface area contributed by atoms with E-state index in [4.69, 9.17) is 9.97 Å². The lowest BCUT2D eigenvalue weighted by Gasteiger charge is -2.09. The molecule has 0 saturated carbocycles. The van der Waals surface area contributed by atoms with E-state index in [2.05, 4.69) is 55.3 Å². The number of aliphatic hydroxyl groups excluding tert-OH is 1. The molecule has 0 bridgehead atoms. The molecule has 3 heterocycles. The summed E-state index contributed by atoms with van der Waals surface area (Å²) in [5, 5.41) is 12.9. The molecule has 1 aromatic carbocycles. The first-order chi connectivity index (χ1) is 15.1. The van der Waals surface area contributed by atoms with Crippen molar-refractivity contribution in [1.29, 1.82) is 0 Å². The maximum Gasteiger partial charge on any atom is 0.223 e. The van der Waals surface area contributed by atoms with Crippen LogP contribution < -0.4 is 5.32 Å². The molecule has 6 nitrogen and oxygen atoms in total. The van der Waals surface area contributed by atoms with Crippen LogP contribution in [0.1, 0.15) is 38.3 Å². The number of anilines is 1. The van der Waals surface area contributed by atoms with E-state index >= 15 is 0 Å². The average molecular weight is 416 g/mol. The molecule has 0 amide bonds. The third-order valence-corrected chi connectivity index (χ3v) is 5.41. The average Bonchev–Trinajstić information content (AvgIpc) is 3.17. The Balaban J connectivity index is 1.81. The molecule has 2 N–H and O–H groups in total. The van der Waals surface area contributed by atoms with E-state index in [9.17, 15) is 5.11 Å². The monoisotopic (exact) mass is 415 g/mol. The summed E-state index contributed by atoms with van der Waals surface area (Å²) in [6.45, 7) is 7.37. The zero-order valence-electron chi connectivity index (χ0n) is 18.3. The van der Waals surface area contributed by atoms with Gasteiger partial charge in [-0.25, -0.2) is 15.0 Å². The number of hydrogen-bond donors (Lipinski definition) is 2. The van der Waals surface area contributed by atoms with Crippen LogP contribution in [-0.4, -0.2) is 31.0 Å². The normalized spacial score (nSPS) is 11.4. The molecule has 0 radical (unpaired) electrons. The molecule has 0 aliphatic heterocycles. The highest BCUT2D eigenvalue weighted by Gasteiger charge is 2.18. The van der Waals surface area contributed by atoms with Crippen molar-refractivity contribution in [3.05, 3.63) is 66.0 Å². The van der Waals surface area contributed by atoms with Gasteiger partial charge >= 0.3 is 0 Å². The summed E-state index contributed by atoms with van der Waals surface area (Å²) in [5.41, 5.74) is 6.52. The fourth-order valence-corrected chi connectivity index (χ4v) is 3.58. The highest BCUT2D eigenvalue weighted by molar-refractivity contribution is 5.81. The Labute approximate surface area is 183 Å². The second-order valence-electron chi connectivity index (χ2n) is 8.16. The molecule has 0 unspecified atom stereocenters. The molecule has 0 saturated heterocycles. The molecule has 160 valence electrons. The van der Waals surface area contributed by atoms with Crippen LogP contribution >= 0.6 is 0 Å².